The molecular weight excluding hydrogens is 380 g/mol. The Balaban J connectivity index is 2.19. The Kier molecular flexibility index (Phi) is 4.64. The minimum Gasteiger partial charge on any atom is -0.469 e. The van der Waals surface area contributed by atoms with Gasteiger partial charge in [0.05, 0.1) is 12.5 Å². The fraction of sp³-hybridized carbons (Fsp3) is 0.619. The number of carbonyl (C=O) groups is 2. The number of methoxy groups -OCH3 is 1. The van der Waals surface area contributed by atoms with Crippen molar-refractivity contribution in [2.24, 2.45) is 11.3 Å². The Labute approximate surface area is 158 Å². The summed E-state index contributed by atoms with van der Waals surface area (Å²) in [6.45, 7) is 8.49. The van der Waals surface area contributed by atoms with Gasteiger partial charge in [-0.1, -0.05) is 43.1 Å². The summed E-state index contributed by atoms with van der Waals surface area (Å²) in [5, 5.41) is 0. The van der Waals surface area contributed by atoms with Crippen LogP contribution in [0.4, 0.5) is 0 Å². The highest BCUT2D eigenvalue weighted by atomic mass is 79.9. The number of fused-ring (bicyclic) bond motifs is 3. The Hall–Kier alpha value is -1.16. The van der Waals surface area contributed by atoms with E-state index in [1.165, 1.54) is 12.7 Å². The van der Waals surface area contributed by atoms with Crippen molar-refractivity contribution < 1.29 is 14.3 Å². The maximum Gasteiger partial charge on any atom is 0.311 e. The molecule has 0 N–H and O–H groups in total. The smallest absolute Gasteiger partial charge is 0.311 e. The molecule has 0 aliphatic heterocycles. The zero-order chi connectivity index (χ0) is 18.6. The molecule has 0 saturated heterocycles. The summed E-state index contributed by atoms with van der Waals surface area (Å²) in [6, 6.07) is 4.20. The minimum atomic E-state index is -0.599. The van der Waals surface area contributed by atoms with Crippen molar-refractivity contribution in [3.05, 3.63) is 33.3 Å². The van der Waals surface area contributed by atoms with Crippen LogP contribution in [0.5, 0.6) is 0 Å². The molecule has 25 heavy (non-hydrogen) atoms. The van der Waals surface area contributed by atoms with Crippen LogP contribution in [-0.4, -0.2) is 18.9 Å². The van der Waals surface area contributed by atoms with Gasteiger partial charge in [-0.2, -0.15) is 0 Å². The number of carbonyl (C=O) groups excluding carboxylic acids is 2. The Bertz CT molecular complexity index is 739. The number of ketones is 1. The molecule has 0 aromatic heterocycles. The van der Waals surface area contributed by atoms with Gasteiger partial charge in [-0.3, -0.25) is 9.59 Å². The maximum absolute atomic E-state index is 13.0. The fourth-order valence-electron chi connectivity index (χ4n) is 5.16. The largest absolute Gasteiger partial charge is 0.469 e. The second-order valence-electron chi connectivity index (χ2n) is 8.43. The first kappa shape index (κ1) is 18.6. The molecule has 1 fully saturated rings. The molecule has 0 bridgehead atoms. The van der Waals surface area contributed by atoms with E-state index < -0.39 is 5.41 Å². The average Bonchev–Trinajstić information content (AvgIpc) is 2.56. The summed E-state index contributed by atoms with van der Waals surface area (Å²) in [4.78, 5) is 25.6. The van der Waals surface area contributed by atoms with E-state index in [1.807, 2.05) is 6.92 Å². The number of benzene rings is 1. The van der Waals surface area contributed by atoms with Crippen LogP contribution >= 0.6 is 15.9 Å². The maximum atomic E-state index is 13.0. The van der Waals surface area contributed by atoms with E-state index in [2.05, 4.69) is 48.8 Å². The molecule has 1 unspecified atom stereocenters. The van der Waals surface area contributed by atoms with Gasteiger partial charge in [-0.05, 0) is 60.3 Å². The summed E-state index contributed by atoms with van der Waals surface area (Å²) in [7, 11) is 1.45. The van der Waals surface area contributed by atoms with Gasteiger partial charge < -0.3 is 4.74 Å². The van der Waals surface area contributed by atoms with Crippen LogP contribution in [0.15, 0.2) is 16.6 Å². The Morgan fingerprint density at radius 3 is 2.56 bits per heavy atom. The summed E-state index contributed by atoms with van der Waals surface area (Å²) in [5.74, 6) is 0.309. The lowest BCUT2D eigenvalue weighted by Crippen LogP contribution is -2.53. The predicted molar refractivity (Wildman–Crippen MR) is 102 cm³/mol. The number of esters is 1. The molecule has 3 atom stereocenters. The van der Waals surface area contributed by atoms with Crippen LogP contribution in [0.25, 0.3) is 0 Å². The molecule has 2 aliphatic carbocycles. The van der Waals surface area contributed by atoms with Gasteiger partial charge in [0.15, 0.2) is 5.78 Å². The molecule has 0 amide bonds. The third-order valence-corrected chi connectivity index (χ3v) is 7.33. The number of ether oxygens (including phenoxy) is 1. The molecular formula is C21H27BrO3. The zero-order valence-corrected chi connectivity index (χ0v) is 17.3. The van der Waals surface area contributed by atoms with Crippen molar-refractivity contribution in [3.8, 4) is 0 Å². The molecule has 1 saturated carbocycles. The fourth-order valence-corrected chi connectivity index (χ4v) is 5.96. The highest BCUT2D eigenvalue weighted by molar-refractivity contribution is 9.10. The molecule has 1 aromatic carbocycles. The van der Waals surface area contributed by atoms with Crippen LogP contribution in [0, 0.1) is 11.3 Å². The topological polar surface area (TPSA) is 43.4 Å². The number of halogens is 1. The normalized spacial score (nSPS) is 31.5. The van der Waals surface area contributed by atoms with Crippen molar-refractivity contribution >= 4 is 27.7 Å². The van der Waals surface area contributed by atoms with Crippen LogP contribution < -0.4 is 0 Å². The van der Waals surface area contributed by atoms with Crippen LogP contribution in [0.2, 0.25) is 0 Å². The lowest BCUT2D eigenvalue weighted by molar-refractivity contribution is -0.160. The van der Waals surface area contributed by atoms with Crippen LogP contribution in [0.1, 0.15) is 80.8 Å². The standard InChI is InChI=1S/C21H27BrO3/c1-12(2)13-9-14-15(10-16(13)22)20(3)7-6-8-21(4,19(24)25-5)18(20)11-17(14)23/h9-10,12,18H,6-8,11H2,1-5H3/t18?,20-,21-/m1/s1. The second kappa shape index (κ2) is 6.22. The van der Waals surface area contributed by atoms with Crippen molar-refractivity contribution in [2.75, 3.05) is 7.11 Å². The molecule has 3 rings (SSSR count). The molecule has 136 valence electrons. The molecule has 1 aromatic rings. The molecule has 0 spiro atoms. The van der Waals surface area contributed by atoms with E-state index in [1.54, 1.807) is 0 Å². The summed E-state index contributed by atoms with van der Waals surface area (Å²) < 4.78 is 6.18. The van der Waals surface area contributed by atoms with Gasteiger partial charge in [-0.15, -0.1) is 0 Å². The van der Waals surface area contributed by atoms with Gasteiger partial charge in [0, 0.05) is 16.5 Å². The predicted octanol–water partition coefficient (Wildman–Crippen LogP) is 5.40. The van der Waals surface area contributed by atoms with E-state index in [4.69, 9.17) is 4.74 Å². The van der Waals surface area contributed by atoms with Crippen molar-refractivity contribution in [3.63, 3.8) is 0 Å². The van der Waals surface area contributed by atoms with E-state index in [-0.39, 0.29) is 23.1 Å². The van der Waals surface area contributed by atoms with Crippen molar-refractivity contribution in [1.82, 2.24) is 0 Å². The molecule has 4 heteroatoms. The lowest BCUT2D eigenvalue weighted by Gasteiger charge is -2.53. The quantitative estimate of drug-likeness (QED) is 0.617. The number of hydrogen-bond acceptors (Lipinski definition) is 3. The summed E-state index contributed by atoms with van der Waals surface area (Å²) >= 11 is 3.70. The molecule has 2 aliphatic rings. The molecule has 3 nitrogen and oxygen atoms in total. The van der Waals surface area contributed by atoms with E-state index in [0.717, 1.165) is 34.9 Å². The van der Waals surface area contributed by atoms with Gasteiger partial charge in [0.1, 0.15) is 0 Å². The van der Waals surface area contributed by atoms with Crippen LogP contribution in [0.3, 0.4) is 0 Å². The summed E-state index contributed by atoms with van der Waals surface area (Å²) in [5.41, 5.74) is 2.33. The van der Waals surface area contributed by atoms with Crippen molar-refractivity contribution in [2.45, 2.75) is 64.7 Å². The second-order valence-corrected chi connectivity index (χ2v) is 9.29. The van der Waals surface area contributed by atoms with Gasteiger partial charge >= 0.3 is 5.97 Å². The van der Waals surface area contributed by atoms with Gasteiger partial charge in [0.2, 0.25) is 0 Å². The number of hydrogen-bond donors (Lipinski definition) is 0. The van der Waals surface area contributed by atoms with Gasteiger partial charge in [-0.25, -0.2) is 0 Å². The molecule has 0 heterocycles. The monoisotopic (exact) mass is 406 g/mol. The Morgan fingerprint density at radius 2 is 1.96 bits per heavy atom. The average molecular weight is 407 g/mol. The molecule has 0 radical (unpaired) electrons. The zero-order valence-electron chi connectivity index (χ0n) is 15.7. The van der Waals surface area contributed by atoms with Crippen LogP contribution in [-0.2, 0) is 14.9 Å². The third-order valence-electron chi connectivity index (χ3n) is 6.65. The van der Waals surface area contributed by atoms with Crippen molar-refractivity contribution in [1.29, 1.82) is 0 Å². The highest BCUT2D eigenvalue weighted by Crippen LogP contribution is 2.58. The highest BCUT2D eigenvalue weighted by Gasteiger charge is 2.57. The third kappa shape index (κ3) is 2.68. The first-order valence-corrected chi connectivity index (χ1v) is 9.90. The number of Topliss-reactive ketones (excluding diaryl/α,β-unsaturated/α-hetero) is 1. The van der Waals surface area contributed by atoms with E-state index in [0.29, 0.717) is 12.3 Å². The Morgan fingerprint density at radius 1 is 1.28 bits per heavy atom. The lowest BCUT2D eigenvalue weighted by atomic mass is 9.49. The summed E-state index contributed by atoms with van der Waals surface area (Å²) in [6.07, 6.45) is 3.18. The van der Waals surface area contributed by atoms with Gasteiger partial charge in [0.25, 0.3) is 0 Å². The van der Waals surface area contributed by atoms with E-state index >= 15 is 0 Å². The number of rotatable bonds is 2. The van der Waals surface area contributed by atoms with E-state index in [9.17, 15) is 9.59 Å². The first-order valence-electron chi connectivity index (χ1n) is 9.10. The minimum absolute atomic E-state index is 0.0157. The SMILES string of the molecule is COC(=O)[C@]1(C)CCC[C@]2(C)c3cc(Br)c(C(C)C)cc3C(=O)CC12. The first-order chi connectivity index (χ1) is 11.6.